The summed E-state index contributed by atoms with van der Waals surface area (Å²) >= 11 is 0. The molecule has 0 spiro atoms. The number of aliphatic hydroxyl groups is 2. The predicted molar refractivity (Wildman–Crippen MR) is 76.4 cm³/mol. The summed E-state index contributed by atoms with van der Waals surface area (Å²) in [7, 11) is 1.60. The third-order valence-corrected chi connectivity index (χ3v) is 3.59. The Morgan fingerprint density at radius 2 is 2.00 bits per heavy atom. The van der Waals surface area contributed by atoms with Crippen molar-refractivity contribution in [2.45, 2.75) is 38.4 Å². The molecule has 0 bridgehead atoms. The van der Waals surface area contributed by atoms with Gasteiger partial charge in [0.25, 0.3) is 0 Å². The van der Waals surface area contributed by atoms with E-state index >= 15 is 0 Å². The van der Waals surface area contributed by atoms with Gasteiger partial charge in [-0.15, -0.1) is 0 Å². The van der Waals surface area contributed by atoms with Gasteiger partial charge in [0, 0.05) is 13.1 Å². The number of rotatable bonds is 8. The topological polar surface area (TPSA) is 61.7 Å². The van der Waals surface area contributed by atoms with Crippen LogP contribution in [0, 0.1) is 0 Å². The number of ether oxygens (including phenoxy) is 1. The number of hydrogen-bond donors (Lipinski definition) is 3. The van der Waals surface area contributed by atoms with Gasteiger partial charge in [0.2, 0.25) is 0 Å². The summed E-state index contributed by atoms with van der Waals surface area (Å²) < 4.78 is 5.13. The molecule has 108 valence electrons. The second-order valence-electron chi connectivity index (χ2n) is 4.85. The number of nitrogens with one attached hydrogen (secondary N) is 1. The average molecular weight is 267 g/mol. The standard InChI is InChI=1S/C15H25NO3/c1-4-15(18,5-2)11-16-10-14(17)12-7-6-8-13(9-12)19-3/h6-9,14,16-18H,4-5,10-11H2,1-3H3. The first-order valence-electron chi connectivity index (χ1n) is 6.79. The fourth-order valence-corrected chi connectivity index (χ4v) is 1.91. The van der Waals surface area contributed by atoms with Crippen LogP contribution < -0.4 is 10.1 Å². The first kappa shape index (κ1) is 16.0. The molecular formula is C15H25NO3. The Morgan fingerprint density at radius 1 is 1.32 bits per heavy atom. The fourth-order valence-electron chi connectivity index (χ4n) is 1.91. The summed E-state index contributed by atoms with van der Waals surface area (Å²) in [5, 5.41) is 23.3. The zero-order chi connectivity index (χ0) is 14.3. The lowest BCUT2D eigenvalue weighted by Crippen LogP contribution is -2.40. The molecule has 0 aliphatic rings. The van der Waals surface area contributed by atoms with E-state index < -0.39 is 11.7 Å². The Kier molecular flexibility index (Phi) is 6.28. The van der Waals surface area contributed by atoms with Crippen molar-refractivity contribution >= 4 is 0 Å². The number of hydrogen-bond acceptors (Lipinski definition) is 4. The first-order valence-corrected chi connectivity index (χ1v) is 6.79. The van der Waals surface area contributed by atoms with E-state index in [9.17, 15) is 10.2 Å². The summed E-state index contributed by atoms with van der Waals surface area (Å²) in [4.78, 5) is 0. The maximum atomic E-state index is 10.1. The molecule has 0 aliphatic heterocycles. The highest BCUT2D eigenvalue weighted by Gasteiger charge is 2.21. The van der Waals surface area contributed by atoms with Crippen LogP contribution in [0.5, 0.6) is 5.75 Å². The maximum Gasteiger partial charge on any atom is 0.119 e. The molecule has 0 heterocycles. The van der Waals surface area contributed by atoms with Crippen LogP contribution in [0.25, 0.3) is 0 Å². The third-order valence-electron chi connectivity index (χ3n) is 3.59. The summed E-state index contributed by atoms with van der Waals surface area (Å²) in [5.74, 6) is 0.732. The molecule has 0 saturated carbocycles. The SMILES string of the molecule is CCC(O)(CC)CNCC(O)c1cccc(OC)c1. The highest BCUT2D eigenvalue weighted by atomic mass is 16.5. The molecule has 19 heavy (non-hydrogen) atoms. The second kappa shape index (κ2) is 7.48. The van der Waals surface area contributed by atoms with Crippen LogP contribution in [0.2, 0.25) is 0 Å². The van der Waals surface area contributed by atoms with Crippen molar-refractivity contribution in [3.05, 3.63) is 29.8 Å². The quantitative estimate of drug-likeness (QED) is 0.673. The largest absolute Gasteiger partial charge is 0.497 e. The summed E-state index contributed by atoms with van der Waals surface area (Å²) in [6, 6.07) is 7.38. The monoisotopic (exact) mass is 267 g/mol. The van der Waals surface area contributed by atoms with Gasteiger partial charge in [-0.2, -0.15) is 0 Å². The summed E-state index contributed by atoms with van der Waals surface area (Å²) in [6.45, 7) is 4.82. The highest BCUT2D eigenvalue weighted by Crippen LogP contribution is 2.19. The van der Waals surface area contributed by atoms with Gasteiger partial charge >= 0.3 is 0 Å². The van der Waals surface area contributed by atoms with Crippen LogP contribution in [0.1, 0.15) is 38.4 Å². The molecule has 3 N–H and O–H groups in total. The molecule has 0 aliphatic carbocycles. The van der Waals surface area contributed by atoms with E-state index in [4.69, 9.17) is 4.74 Å². The van der Waals surface area contributed by atoms with Gasteiger partial charge in [0.1, 0.15) is 5.75 Å². The van der Waals surface area contributed by atoms with Crippen molar-refractivity contribution < 1.29 is 14.9 Å². The minimum absolute atomic E-state index is 0.412. The molecule has 1 atom stereocenters. The minimum atomic E-state index is -0.686. The molecule has 0 radical (unpaired) electrons. The van der Waals surface area contributed by atoms with E-state index in [0.29, 0.717) is 25.9 Å². The zero-order valence-corrected chi connectivity index (χ0v) is 12.0. The first-order chi connectivity index (χ1) is 9.04. The van der Waals surface area contributed by atoms with Crippen LogP contribution in [-0.4, -0.2) is 36.0 Å². The van der Waals surface area contributed by atoms with E-state index in [1.54, 1.807) is 7.11 Å². The number of methoxy groups -OCH3 is 1. The molecule has 0 fully saturated rings. The van der Waals surface area contributed by atoms with Gasteiger partial charge in [-0.1, -0.05) is 26.0 Å². The van der Waals surface area contributed by atoms with Gasteiger partial charge in [-0.05, 0) is 30.5 Å². The van der Waals surface area contributed by atoms with E-state index in [1.807, 2.05) is 38.1 Å². The summed E-state index contributed by atoms with van der Waals surface area (Å²) in [5.41, 5.74) is 0.122. The van der Waals surface area contributed by atoms with Crippen LogP contribution in [0.3, 0.4) is 0 Å². The molecule has 1 aromatic carbocycles. The van der Waals surface area contributed by atoms with E-state index in [1.165, 1.54) is 0 Å². The van der Waals surface area contributed by atoms with E-state index in [-0.39, 0.29) is 0 Å². The minimum Gasteiger partial charge on any atom is -0.497 e. The second-order valence-corrected chi connectivity index (χ2v) is 4.85. The van der Waals surface area contributed by atoms with Crippen LogP contribution in [0.15, 0.2) is 24.3 Å². The smallest absolute Gasteiger partial charge is 0.119 e. The Bertz CT molecular complexity index is 377. The molecule has 0 saturated heterocycles. The Hall–Kier alpha value is -1.10. The lowest BCUT2D eigenvalue weighted by molar-refractivity contribution is 0.0293. The fraction of sp³-hybridized carbons (Fsp3) is 0.600. The van der Waals surface area contributed by atoms with Crippen molar-refractivity contribution in [1.29, 1.82) is 0 Å². The number of aliphatic hydroxyl groups excluding tert-OH is 1. The normalized spacial score (nSPS) is 13.3. The average Bonchev–Trinajstić information content (AvgIpc) is 2.46. The Morgan fingerprint density at radius 3 is 2.58 bits per heavy atom. The molecular weight excluding hydrogens is 242 g/mol. The van der Waals surface area contributed by atoms with Crippen molar-refractivity contribution in [3.63, 3.8) is 0 Å². The van der Waals surface area contributed by atoms with Crippen LogP contribution in [0.4, 0.5) is 0 Å². The van der Waals surface area contributed by atoms with E-state index in [0.717, 1.165) is 11.3 Å². The van der Waals surface area contributed by atoms with Gasteiger partial charge in [0.15, 0.2) is 0 Å². The Labute approximate surface area is 115 Å². The molecule has 0 amide bonds. The van der Waals surface area contributed by atoms with Gasteiger partial charge in [-0.25, -0.2) is 0 Å². The molecule has 1 rings (SSSR count). The molecule has 1 unspecified atom stereocenters. The van der Waals surface area contributed by atoms with Crippen LogP contribution in [-0.2, 0) is 0 Å². The molecule has 4 heteroatoms. The van der Waals surface area contributed by atoms with Crippen LogP contribution >= 0.6 is 0 Å². The van der Waals surface area contributed by atoms with Gasteiger partial charge in [0.05, 0.1) is 18.8 Å². The molecule has 0 aromatic heterocycles. The highest BCUT2D eigenvalue weighted by molar-refractivity contribution is 5.29. The lowest BCUT2D eigenvalue weighted by atomic mass is 9.97. The number of benzene rings is 1. The van der Waals surface area contributed by atoms with Crippen molar-refractivity contribution in [2.24, 2.45) is 0 Å². The van der Waals surface area contributed by atoms with Gasteiger partial charge in [-0.3, -0.25) is 0 Å². The van der Waals surface area contributed by atoms with Gasteiger partial charge < -0.3 is 20.3 Å². The van der Waals surface area contributed by atoms with E-state index in [2.05, 4.69) is 5.32 Å². The predicted octanol–water partition coefficient (Wildman–Crippen LogP) is 1.87. The van der Waals surface area contributed by atoms with Crippen molar-refractivity contribution in [1.82, 2.24) is 5.32 Å². The summed E-state index contributed by atoms with van der Waals surface area (Å²) in [6.07, 6.45) is 0.797. The van der Waals surface area contributed by atoms with Crippen molar-refractivity contribution in [3.8, 4) is 5.75 Å². The maximum absolute atomic E-state index is 10.1. The third kappa shape index (κ3) is 4.82. The molecule has 1 aromatic rings. The Balaban J connectivity index is 2.48. The molecule has 4 nitrogen and oxygen atoms in total. The van der Waals surface area contributed by atoms with Crippen molar-refractivity contribution in [2.75, 3.05) is 20.2 Å². The zero-order valence-electron chi connectivity index (χ0n) is 12.0. The lowest BCUT2D eigenvalue weighted by Gasteiger charge is -2.26.